The van der Waals surface area contributed by atoms with Gasteiger partial charge in [-0.1, -0.05) is 36.4 Å². The third kappa shape index (κ3) is 4.86. The van der Waals surface area contributed by atoms with Crippen LogP contribution in [0.15, 0.2) is 48.5 Å². The summed E-state index contributed by atoms with van der Waals surface area (Å²) in [5.41, 5.74) is 1.29. The number of aryl methyl sites for hydroxylation is 1. The van der Waals surface area contributed by atoms with Crippen LogP contribution in [0.5, 0.6) is 0 Å². The highest BCUT2D eigenvalue weighted by atomic mass is 32.2. The Balaban J connectivity index is 2.39. The molecule has 0 heterocycles. The molecular weight excluding hydrogens is 382 g/mol. The zero-order valence-corrected chi connectivity index (χ0v) is 17.0. The topological polar surface area (TPSA) is 101 Å². The Labute approximate surface area is 164 Å². The van der Waals surface area contributed by atoms with E-state index in [4.69, 9.17) is 0 Å². The number of likely N-dealkylation sites (N-methyl/N-ethyl adjacent to an activating group) is 1. The maximum Gasteiger partial charge on any atom is 0.271 e. The van der Waals surface area contributed by atoms with Gasteiger partial charge in [-0.05, 0) is 25.0 Å². The molecule has 150 valence electrons. The van der Waals surface area contributed by atoms with Crippen molar-refractivity contribution in [3.05, 3.63) is 69.8 Å². The summed E-state index contributed by atoms with van der Waals surface area (Å²) >= 11 is 0. The minimum Gasteiger partial charge on any atom is -0.340 e. The van der Waals surface area contributed by atoms with Gasteiger partial charge in [-0.15, -0.1) is 0 Å². The number of nitro groups is 1. The number of nitro benzene ring substituents is 1. The van der Waals surface area contributed by atoms with Gasteiger partial charge in [0.05, 0.1) is 16.9 Å². The number of non-ortho nitro benzene ring substituents is 1. The molecule has 0 unspecified atom stereocenters. The van der Waals surface area contributed by atoms with Crippen molar-refractivity contribution in [3.8, 4) is 0 Å². The molecule has 0 aliphatic heterocycles. The highest BCUT2D eigenvalue weighted by Gasteiger charge is 2.32. The van der Waals surface area contributed by atoms with Gasteiger partial charge in [-0.3, -0.25) is 19.2 Å². The van der Waals surface area contributed by atoms with E-state index < -0.39 is 26.9 Å². The first-order chi connectivity index (χ1) is 13.0. The van der Waals surface area contributed by atoms with Gasteiger partial charge in [0.2, 0.25) is 15.9 Å². The second-order valence-electron chi connectivity index (χ2n) is 6.64. The average Bonchev–Trinajstić information content (AvgIpc) is 2.62. The lowest BCUT2D eigenvalue weighted by molar-refractivity contribution is -0.384. The van der Waals surface area contributed by atoms with Crippen molar-refractivity contribution >= 4 is 27.3 Å². The summed E-state index contributed by atoms with van der Waals surface area (Å²) < 4.78 is 25.9. The largest absolute Gasteiger partial charge is 0.340 e. The van der Waals surface area contributed by atoms with Crippen LogP contribution < -0.4 is 4.31 Å². The van der Waals surface area contributed by atoms with Crippen molar-refractivity contribution in [2.75, 3.05) is 17.6 Å². The Morgan fingerprint density at radius 3 is 2.32 bits per heavy atom. The number of hydrogen-bond acceptors (Lipinski definition) is 5. The monoisotopic (exact) mass is 405 g/mol. The molecule has 1 amide bonds. The first kappa shape index (κ1) is 21.4. The van der Waals surface area contributed by atoms with E-state index in [2.05, 4.69) is 0 Å². The van der Waals surface area contributed by atoms with Crippen molar-refractivity contribution < 1.29 is 18.1 Å². The van der Waals surface area contributed by atoms with Crippen molar-refractivity contribution in [1.29, 1.82) is 0 Å². The van der Waals surface area contributed by atoms with Crippen LogP contribution >= 0.6 is 0 Å². The summed E-state index contributed by atoms with van der Waals surface area (Å²) in [7, 11) is -2.28. The Bertz CT molecular complexity index is 976. The van der Waals surface area contributed by atoms with Gasteiger partial charge < -0.3 is 4.90 Å². The molecule has 0 aliphatic carbocycles. The number of nitrogens with zero attached hydrogens (tertiary/aromatic N) is 3. The lowest BCUT2D eigenvalue weighted by Gasteiger charge is -2.32. The second-order valence-corrected chi connectivity index (χ2v) is 8.50. The highest BCUT2D eigenvalue weighted by Crippen LogP contribution is 2.29. The van der Waals surface area contributed by atoms with E-state index in [1.165, 1.54) is 30.0 Å². The maximum absolute atomic E-state index is 12.9. The molecule has 9 heteroatoms. The number of amides is 1. The molecule has 0 saturated carbocycles. The Hall–Kier alpha value is -2.94. The molecule has 0 fully saturated rings. The number of hydrogen-bond donors (Lipinski definition) is 0. The second kappa shape index (κ2) is 8.39. The standard InChI is InChI=1S/C19H23N3O5S/c1-14-10-11-17(22(24)25)12-18(14)21(28(4,26)27)15(2)19(23)20(3)13-16-8-6-5-7-9-16/h5-12,15H,13H2,1-4H3/t15-/m0/s1. The lowest BCUT2D eigenvalue weighted by atomic mass is 10.1. The zero-order valence-electron chi connectivity index (χ0n) is 16.2. The third-order valence-electron chi connectivity index (χ3n) is 4.35. The van der Waals surface area contributed by atoms with Crippen LogP contribution in [0.1, 0.15) is 18.1 Å². The predicted octanol–water partition coefficient (Wildman–Crippen LogP) is 2.72. The SMILES string of the molecule is Cc1ccc([N+](=O)[O-])cc1N([C@@H](C)C(=O)N(C)Cc1ccccc1)S(C)(=O)=O. The van der Waals surface area contributed by atoms with Gasteiger partial charge in [-0.25, -0.2) is 8.42 Å². The molecule has 0 aliphatic rings. The highest BCUT2D eigenvalue weighted by molar-refractivity contribution is 7.92. The Kier molecular flexibility index (Phi) is 6.40. The minimum atomic E-state index is -3.87. The fourth-order valence-corrected chi connectivity index (χ4v) is 4.20. The molecule has 2 aromatic carbocycles. The van der Waals surface area contributed by atoms with Crippen LogP contribution in [0.25, 0.3) is 0 Å². The Morgan fingerprint density at radius 2 is 1.79 bits per heavy atom. The van der Waals surface area contributed by atoms with E-state index in [1.54, 1.807) is 14.0 Å². The third-order valence-corrected chi connectivity index (χ3v) is 5.57. The molecule has 2 aromatic rings. The number of sulfonamides is 1. The van der Waals surface area contributed by atoms with Gasteiger partial charge >= 0.3 is 0 Å². The molecule has 0 bridgehead atoms. The van der Waals surface area contributed by atoms with Crippen LogP contribution in [-0.2, 0) is 21.4 Å². The van der Waals surface area contributed by atoms with E-state index in [1.807, 2.05) is 30.3 Å². The summed E-state index contributed by atoms with van der Waals surface area (Å²) in [6.07, 6.45) is 0.978. The fourth-order valence-electron chi connectivity index (χ4n) is 2.98. The van der Waals surface area contributed by atoms with E-state index in [-0.39, 0.29) is 11.4 Å². The summed E-state index contributed by atoms with van der Waals surface area (Å²) in [5, 5.41) is 11.1. The summed E-state index contributed by atoms with van der Waals surface area (Å²) in [6, 6.07) is 12.2. The number of rotatable bonds is 7. The van der Waals surface area contributed by atoms with Crippen LogP contribution in [0.2, 0.25) is 0 Å². The molecule has 1 atom stereocenters. The predicted molar refractivity (Wildman–Crippen MR) is 108 cm³/mol. The first-order valence-corrected chi connectivity index (χ1v) is 10.4. The van der Waals surface area contributed by atoms with Gasteiger partial charge in [0, 0.05) is 25.7 Å². The van der Waals surface area contributed by atoms with Crippen LogP contribution in [0, 0.1) is 17.0 Å². The molecule has 0 N–H and O–H groups in total. The summed E-state index contributed by atoms with van der Waals surface area (Å²) in [5.74, 6) is -0.416. The first-order valence-electron chi connectivity index (χ1n) is 8.55. The van der Waals surface area contributed by atoms with Gasteiger partial charge in [0.25, 0.3) is 5.69 Å². The normalized spacial score (nSPS) is 12.3. The van der Waals surface area contributed by atoms with Crippen molar-refractivity contribution in [2.45, 2.75) is 26.4 Å². The Morgan fingerprint density at radius 1 is 1.18 bits per heavy atom. The fraction of sp³-hybridized carbons (Fsp3) is 0.316. The van der Waals surface area contributed by atoms with Crippen LogP contribution in [0.4, 0.5) is 11.4 Å². The molecule has 0 radical (unpaired) electrons. The van der Waals surface area contributed by atoms with Gasteiger partial charge in [-0.2, -0.15) is 0 Å². The number of carbonyl (C=O) groups is 1. The van der Waals surface area contributed by atoms with Crippen molar-refractivity contribution in [2.24, 2.45) is 0 Å². The molecule has 0 spiro atoms. The smallest absolute Gasteiger partial charge is 0.271 e. The number of carbonyl (C=O) groups excluding carboxylic acids is 1. The molecule has 0 saturated heterocycles. The van der Waals surface area contributed by atoms with Crippen LogP contribution in [0.3, 0.4) is 0 Å². The lowest BCUT2D eigenvalue weighted by Crippen LogP contribution is -2.48. The maximum atomic E-state index is 12.9. The van der Waals surface area contributed by atoms with Crippen molar-refractivity contribution in [1.82, 2.24) is 4.90 Å². The van der Waals surface area contributed by atoms with Gasteiger partial charge in [0.1, 0.15) is 6.04 Å². The van der Waals surface area contributed by atoms with E-state index in [0.29, 0.717) is 12.1 Å². The van der Waals surface area contributed by atoms with E-state index in [0.717, 1.165) is 16.1 Å². The van der Waals surface area contributed by atoms with Gasteiger partial charge in [0.15, 0.2) is 0 Å². The molecule has 2 rings (SSSR count). The van der Waals surface area contributed by atoms with Crippen LogP contribution in [-0.4, -0.2) is 43.5 Å². The summed E-state index contributed by atoms with van der Waals surface area (Å²) in [4.78, 5) is 24.9. The summed E-state index contributed by atoms with van der Waals surface area (Å²) in [6.45, 7) is 3.43. The minimum absolute atomic E-state index is 0.116. The average molecular weight is 405 g/mol. The van der Waals surface area contributed by atoms with Crippen molar-refractivity contribution in [3.63, 3.8) is 0 Å². The molecule has 28 heavy (non-hydrogen) atoms. The van der Waals surface area contributed by atoms with E-state index >= 15 is 0 Å². The van der Waals surface area contributed by atoms with E-state index in [9.17, 15) is 23.3 Å². The molecule has 0 aromatic heterocycles. The molecule has 8 nitrogen and oxygen atoms in total. The quantitative estimate of drug-likeness (QED) is 0.521. The number of benzene rings is 2. The molecular formula is C19H23N3O5S. The zero-order chi connectivity index (χ0) is 21.1. The number of anilines is 1.